The SMILES string of the molecule is O=c1[nH]cnc2nc(-c3ccc([N+](=O)[O-])cc3)c(-c3ccccc3)nc12. The highest BCUT2D eigenvalue weighted by Crippen LogP contribution is 2.30. The van der Waals surface area contributed by atoms with Crippen LogP contribution in [0, 0.1) is 10.1 Å². The number of hydrogen-bond donors (Lipinski definition) is 1. The van der Waals surface area contributed by atoms with Gasteiger partial charge in [0.1, 0.15) is 0 Å². The lowest BCUT2D eigenvalue weighted by atomic mass is 10.0. The molecule has 2 aromatic heterocycles. The first-order valence-corrected chi connectivity index (χ1v) is 7.69. The topological polar surface area (TPSA) is 115 Å². The maximum absolute atomic E-state index is 12.1. The minimum Gasteiger partial charge on any atom is -0.311 e. The maximum Gasteiger partial charge on any atom is 0.278 e. The summed E-state index contributed by atoms with van der Waals surface area (Å²) in [6, 6.07) is 15.3. The minimum atomic E-state index is -0.463. The summed E-state index contributed by atoms with van der Waals surface area (Å²) in [4.78, 5) is 38.0. The zero-order valence-corrected chi connectivity index (χ0v) is 13.3. The molecule has 0 aliphatic rings. The van der Waals surface area contributed by atoms with Gasteiger partial charge < -0.3 is 4.98 Å². The maximum atomic E-state index is 12.1. The average Bonchev–Trinajstić information content (AvgIpc) is 2.68. The van der Waals surface area contributed by atoms with Crippen LogP contribution >= 0.6 is 0 Å². The van der Waals surface area contributed by atoms with E-state index in [9.17, 15) is 14.9 Å². The Hall–Kier alpha value is -3.94. The van der Waals surface area contributed by atoms with Gasteiger partial charge in [0.25, 0.3) is 11.2 Å². The molecule has 0 radical (unpaired) electrons. The van der Waals surface area contributed by atoms with E-state index >= 15 is 0 Å². The Morgan fingerprint density at radius 1 is 0.885 bits per heavy atom. The number of non-ortho nitro benzene ring substituents is 1. The van der Waals surface area contributed by atoms with Crippen LogP contribution in [-0.4, -0.2) is 24.9 Å². The Kier molecular flexibility index (Phi) is 3.70. The third-order valence-corrected chi connectivity index (χ3v) is 3.87. The molecule has 0 bridgehead atoms. The van der Waals surface area contributed by atoms with Gasteiger partial charge in [-0.15, -0.1) is 0 Å². The van der Waals surface area contributed by atoms with Crippen molar-refractivity contribution in [2.45, 2.75) is 0 Å². The van der Waals surface area contributed by atoms with Crippen molar-refractivity contribution in [3.8, 4) is 22.5 Å². The number of aromatic amines is 1. The number of hydrogen-bond acceptors (Lipinski definition) is 6. The van der Waals surface area contributed by atoms with Gasteiger partial charge in [-0.1, -0.05) is 30.3 Å². The van der Waals surface area contributed by atoms with E-state index in [0.717, 1.165) is 5.56 Å². The number of nitrogens with zero attached hydrogens (tertiary/aromatic N) is 4. The van der Waals surface area contributed by atoms with E-state index in [-0.39, 0.29) is 22.4 Å². The number of nitrogens with one attached hydrogen (secondary N) is 1. The molecule has 0 atom stereocenters. The van der Waals surface area contributed by atoms with Crippen LogP contribution in [0.25, 0.3) is 33.7 Å². The molecule has 8 heteroatoms. The molecule has 4 aromatic rings. The molecule has 0 saturated heterocycles. The summed E-state index contributed by atoms with van der Waals surface area (Å²) in [6.07, 6.45) is 1.27. The number of nitro benzene ring substituents is 1. The Balaban J connectivity index is 2.00. The van der Waals surface area contributed by atoms with Gasteiger partial charge >= 0.3 is 0 Å². The molecule has 126 valence electrons. The molecule has 4 rings (SSSR count). The summed E-state index contributed by atoms with van der Waals surface area (Å²) in [7, 11) is 0. The molecule has 0 amide bonds. The zero-order valence-electron chi connectivity index (χ0n) is 13.3. The van der Waals surface area contributed by atoms with Crippen LogP contribution in [0.5, 0.6) is 0 Å². The van der Waals surface area contributed by atoms with Crippen molar-refractivity contribution in [1.82, 2.24) is 19.9 Å². The van der Waals surface area contributed by atoms with Gasteiger partial charge in [-0.05, 0) is 12.1 Å². The lowest BCUT2D eigenvalue weighted by Gasteiger charge is -2.09. The molecule has 2 aromatic carbocycles. The Labute approximate surface area is 146 Å². The van der Waals surface area contributed by atoms with Gasteiger partial charge in [0.05, 0.1) is 22.6 Å². The summed E-state index contributed by atoms with van der Waals surface area (Å²) in [5.41, 5.74) is 2.37. The van der Waals surface area contributed by atoms with E-state index in [1.54, 1.807) is 12.1 Å². The minimum absolute atomic E-state index is 0.0154. The van der Waals surface area contributed by atoms with Gasteiger partial charge in [-0.2, -0.15) is 0 Å². The molecular formula is C18H11N5O3. The molecule has 8 nitrogen and oxygen atoms in total. The number of rotatable bonds is 3. The first kappa shape index (κ1) is 15.6. The lowest BCUT2D eigenvalue weighted by Crippen LogP contribution is -2.10. The van der Waals surface area contributed by atoms with E-state index in [1.165, 1.54) is 18.5 Å². The van der Waals surface area contributed by atoms with E-state index in [0.29, 0.717) is 17.0 Å². The third-order valence-electron chi connectivity index (χ3n) is 3.87. The highest BCUT2D eigenvalue weighted by Gasteiger charge is 2.16. The van der Waals surface area contributed by atoms with Crippen molar-refractivity contribution in [3.63, 3.8) is 0 Å². The lowest BCUT2D eigenvalue weighted by molar-refractivity contribution is -0.384. The summed E-state index contributed by atoms with van der Waals surface area (Å²) >= 11 is 0. The normalized spacial score (nSPS) is 10.8. The molecule has 1 N–H and O–H groups in total. The second kappa shape index (κ2) is 6.17. The zero-order chi connectivity index (χ0) is 18.1. The number of fused-ring (bicyclic) bond motifs is 1. The number of aromatic nitrogens is 4. The van der Waals surface area contributed by atoms with Crippen molar-refractivity contribution in [2.24, 2.45) is 0 Å². The predicted molar refractivity (Wildman–Crippen MR) is 95.5 cm³/mol. The van der Waals surface area contributed by atoms with Crippen molar-refractivity contribution in [2.75, 3.05) is 0 Å². The van der Waals surface area contributed by atoms with E-state index in [1.807, 2.05) is 30.3 Å². The first-order chi connectivity index (χ1) is 12.6. The molecular weight excluding hydrogens is 334 g/mol. The molecule has 0 unspecified atom stereocenters. The molecule has 0 fully saturated rings. The largest absolute Gasteiger partial charge is 0.311 e. The summed E-state index contributed by atoms with van der Waals surface area (Å²) in [5, 5.41) is 10.9. The smallest absolute Gasteiger partial charge is 0.278 e. The van der Waals surface area contributed by atoms with Gasteiger partial charge in [-0.25, -0.2) is 15.0 Å². The molecule has 2 heterocycles. The molecule has 0 saturated carbocycles. The van der Waals surface area contributed by atoms with Crippen molar-refractivity contribution < 1.29 is 4.92 Å². The van der Waals surface area contributed by atoms with Crippen LogP contribution in [0.3, 0.4) is 0 Å². The second-order valence-corrected chi connectivity index (χ2v) is 5.49. The number of benzene rings is 2. The van der Waals surface area contributed by atoms with Crippen LogP contribution in [0.1, 0.15) is 0 Å². The predicted octanol–water partition coefficient (Wildman–Crippen LogP) is 2.96. The van der Waals surface area contributed by atoms with Gasteiger partial charge in [-0.3, -0.25) is 14.9 Å². The molecule has 0 aliphatic heterocycles. The molecule has 26 heavy (non-hydrogen) atoms. The van der Waals surface area contributed by atoms with Crippen molar-refractivity contribution in [1.29, 1.82) is 0 Å². The van der Waals surface area contributed by atoms with Gasteiger partial charge in [0, 0.05) is 23.3 Å². The highest BCUT2D eigenvalue weighted by atomic mass is 16.6. The second-order valence-electron chi connectivity index (χ2n) is 5.49. The number of nitro groups is 1. The van der Waals surface area contributed by atoms with E-state index < -0.39 is 4.92 Å². The first-order valence-electron chi connectivity index (χ1n) is 7.69. The molecule has 0 spiro atoms. The number of H-pyrrole nitrogens is 1. The summed E-state index contributed by atoms with van der Waals surface area (Å²) in [6.45, 7) is 0. The Bertz CT molecular complexity index is 1170. The quantitative estimate of drug-likeness (QED) is 0.451. The summed E-state index contributed by atoms with van der Waals surface area (Å²) < 4.78 is 0. The van der Waals surface area contributed by atoms with Gasteiger partial charge in [0.15, 0.2) is 11.2 Å². The highest BCUT2D eigenvalue weighted by molar-refractivity contribution is 5.84. The fourth-order valence-electron chi connectivity index (χ4n) is 2.63. The summed E-state index contributed by atoms with van der Waals surface area (Å²) in [5.74, 6) is 0. The van der Waals surface area contributed by atoms with E-state index in [4.69, 9.17) is 0 Å². The van der Waals surface area contributed by atoms with Crippen LogP contribution in [-0.2, 0) is 0 Å². The van der Waals surface area contributed by atoms with Crippen LogP contribution in [0.2, 0.25) is 0 Å². The van der Waals surface area contributed by atoms with Crippen LogP contribution < -0.4 is 5.56 Å². The van der Waals surface area contributed by atoms with E-state index in [2.05, 4.69) is 19.9 Å². The molecule has 0 aliphatic carbocycles. The standard InChI is InChI=1S/C18H11N5O3/c24-18-16-17(19-10-20-18)22-15(12-6-8-13(9-7-12)23(25)26)14(21-16)11-4-2-1-3-5-11/h1-10H,(H,19,20,22,24). The fraction of sp³-hybridized carbons (Fsp3) is 0. The van der Waals surface area contributed by atoms with Crippen molar-refractivity contribution in [3.05, 3.63) is 81.4 Å². The fourth-order valence-corrected chi connectivity index (χ4v) is 2.63. The Morgan fingerprint density at radius 3 is 2.23 bits per heavy atom. The monoisotopic (exact) mass is 345 g/mol. The van der Waals surface area contributed by atoms with Crippen LogP contribution in [0.4, 0.5) is 5.69 Å². The van der Waals surface area contributed by atoms with Crippen molar-refractivity contribution >= 4 is 16.9 Å². The average molecular weight is 345 g/mol. The Morgan fingerprint density at radius 2 is 1.54 bits per heavy atom. The van der Waals surface area contributed by atoms with Gasteiger partial charge in [0.2, 0.25) is 0 Å². The van der Waals surface area contributed by atoms with Crippen LogP contribution in [0.15, 0.2) is 65.7 Å². The third kappa shape index (κ3) is 2.69.